The molecule has 0 unspecified atom stereocenters. The summed E-state index contributed by atoms with van der Waals surface area (Å²) in [6.07, 6.45) is -1.59. The largest absolute Gasteiger partial charge is 0.297 e. The van der Waals surface area contributed by atoms with Crippen LogP contribution in [0, 0.1) is 13.8 Å². The third kappa shape index (κ3) is 20.5. The van der Waals surface area contributed by atoms with Crippen molar-refractivity contribution in [2.24, 2.45) is 0 Å². The summed E-state index contributed by atoms with van der Waals surface area (Å²) in [5.41, 5.74) is 1.84. The molecule has 0 saturated heterocycles. The van der Waals surface area contributed by atoms with Crippen molar-refractivity contribution in [1.82, 2.24) is 0 Å². The summed E-state index contributed by atoms with van der Waals surface area (Å²) in [6, 6.07) is 48.9. The van der Waals surface area contributed by atoms with E-state index in [0.29, 0.717) is 0 Å². The molecule has 0 spiro atoms. The monoisotopic (exact) mass is 1220 g/mol. The Morgan fingerprint density at radius 3 is 0.671 bits per heavy atom. The standard InChI is InChI=1S/C21H20O9S3.C16H18O6S2.C14H14O6S2/c22-31(23,19-10-4-1-5-11-19)28-16-18(30-33(26,27)21-14-8-3-9-15-21)17-29-32(24,25)20-12-6-2-7-13-20;1-13-3-7-15(8-4-13)23(17,18)21-11-12-22-24(19,20)16-9-5-14(2)6-10-16;15-21(16,13-7-3-1-4-8-13)19-11-12-20-22(17,18)14-9-5-2-6-10-14/h1-15,18H,16-17H2;3-10H,11-12H2,1-2H3;1-10H,11-12H2. The first-order chi connectivity index (χ1) is 37.2. The summed E-state index contributed by atoms with van der Waals surface area (Å²) >= 11 is 0. The average molecular weight is 1230 g/mol. The first kappa shape index (κ1) is 63.7. The molecule has 7 rings (SSSR count). The van der Waals surface area contributed by atoms with Crippen LogP contribution in [0.3, 0.4) is 0 Å². The quantitative estimate of drug-likeness (QED) is 0.0420. The molecule has 0 N–H and O–H groups in total. The first-order valence-electron chi connectivity index (χ1n) is 22.9. The van der Waals surface area contributed by atoms with E-state index in [4.69, 9.17) is 29.3 Å². The Hall–Kier alpha value is -6.09. The topological polar surface area (TPSA) is 304 Å². The smallest absolute Gasteiger partial charge is 0.264 e. The Morgan fingerprint density at radius 2 is 0.443 bits per heavy atom. The minimum Gasteiger partial charge on any atom is -0.264 e. The number of hydrogen-bond donors (Lipinski definition) is 0. The molecule has 28 heteroatoms. The zero-order valence-corrected chi connectivity index (χ0v) is 47.5. The second-order valence-corrected chi connectivity index (χ2v) is 27.2. The fraction of sp³-hybridized carbons (Fsp3) is 0.176. The Morgan fingerprint density at radius 1 is 0.253 bits per heavy atom. The van der Waals surface area contributed by atoms with Gasteiger partial charge in [-0.25, -0.2) is 0 Å². The average Bonchev–Trinajstić information content (AvgIpc) is 3.46. The highest BCUT2D eigenvalue weighted by molar-refractivity contribution is 7.88. The van der Waals surface area contributed by atoms with Crippen molar-refractivity contribution in [3.05, 3.63) is 211 Å². The van der Waals surface area contributed by atoms with E-state index in [9.17, 15) is 58.9 Å². The third-order valence-electron chi connectivity index (χ3n) is 9.98. The van der Waals surface area contributed by atoms with Gasteiger partial charge in [-0.3, -0.25) is 29.3 Å². The predicted octanol–water partition coefficient (Wildman–Crippen LogP) is 6.78. The lowest BCUT2D eigenvalue weighted by molar-refractivity contribution is 0.0909. The molecule has 424 valence electrons. The molecule has 0 aliphatic heterocycles. The summed E-state index contributed by atoms with van der Waals surface area (Å²) in [6.45, 7) is 0.443. The van der Waals surface area contributed by atoms with Gasteiger partial charge >= 0.3 is 0 Å². The van der Waals surface area contributed by atoms with Crippen molar-refractivity contribution in [2.45, 2.75) is 54.2 Å². The van der Waals surface area contributed by atoms with Gasteiger partial charge in [-0.2, -0.15) is 58.9 Å². The fourth-order valence-electron chi connectivity index (χ4n) is 6.00. The SMILES string of the molecule is Cc1ccc(S(=O)(=O)OCCOS(=O)(=O)c2ccc(C)cc2)cc1.O=S(=O)(OCC(COS(=O)(=O)c1ccccc1)OS(=O)(=O)c1ccccc1)c1ccccc1.O=S(=O)(OCCOS(=O)(=O)c1ccccc1)c1ccccc1. The van der Waals surface area contributed by atoms with E-state index < -0.39 is 117 Å². The van der Waals surface area contributed by atoms with Crippen molar-refractivity contribution in [3.8, 4) is 0 Å². The minimum atomic E-state index is -4.37. The maximum atomic E-state index is 12.6. The van der Waals surface area contributed by atoms with Crippen molar-refractivity contribution in [1.29, 1.82) is 0 Å². The minimum absolute atomic E-state index is 0.000849. The number of aryl methyl sites for hydroxylation is 2. The highest BCUT2D eigenvalue weighted by Gasteiger charge is 2.28. The molecule has 0 radical (unpaired) electrons. The van der Waals surface area contributed by atoms with Crippen LogP contribution in [0.15, 0.2) is 234 Å². The van der Waals surface area contributed by atoms with Crippen LogP contribution in [0.4, 0.5) is 0 Å². The highest BCUT2D eigenvalue weighted by atomic mass is 32.2. The normalized spacial score (nSPS) is 12.4. The number of rotatable bonds is 25. The van der Waals surface area contributed by atoms with Crippen LogP contribution in [0.1, 0.15) is 11.1 Å². The molecule has 0 bridgehead atoms. The van der Waals surface area contributed by atoms with Gasteiger partial charge in [0, 0.05) is 0 Å². The third-order valence-corrected chi connectivity index (χ3v) is 19.3. The molecule has 0 aliphatic rings. The van der Waals surface area contributed by atoms with Crippen molar-refractivity contribution in [2.75, 3.05) is 39.6 Å². The highest BCUT2D eigenvalue weighted by Crippen LogP contribution is 2.21. The summed E-state index contributed by atoms with van der Waals surface area (Å²) in [5, 5.41) is 0. The van der Waals surface area contributed by atoms with Gasteiger partial charge in [-0.15, -0.1) is 0 Å². The molecule has 79 heavy (non-hydrogen) atoms. The zero-order chi connectivity index (χ0) is 57.8. The first-order valence-corrected chi connectivity index (χ1v) is 32.8. The molecule has 0 atom stereocenters. The van der Waals surface area contributed by atoms with Crippen LogP contribution in [0.2, 0.25) is 0 Å². The van der Waals surface area contributed by atoms with E-state index >= 15 is 0 Å². The number of benzene rings is 7. The molecule has 7 aromatic carbocycles. The van der Waals surface area contributed by atoms with E-state index in [-0.39, 0.29) is 34.3 Å². The summed E-state index contributed by atoms with van der Waals surface area (Å²) in [4.78, 5) is -0.502. The molecule has 0 amide bonds. The summed E-state index contributed by atoms with van der Waals surface area (Å²) < 4.78 is 204. The van der Waals surface area contributed by atoms with Gasteiger partial charge in [0.1, 0.15) is 6.10 Å². The van der Waals surface area contributed by atoms with Crippen LogP contribution in [-0.4, -0.2) is 105 Å². The van der Waals surface area contributed by atoms with Gasteiger partial charge in [0.15, 0.2) is 0 Å². The van der Waals surface area contributed by atoms with E-state index in [1.807, 2.05) is 13.8 Å². The molecule has 7 aromatic rings. The summed E-state index contributed by atoms with van der Waals surface area (Å²) in [7, 11) is -28.6. The second kappa shape index (κ2) is 28.9. The van der Waals surface area contributed by atoms with Gasteiger partial charge in [0.05, 0.1) is 73.9 Å². The maximum absolute atomic E-state index is 12.6. The number of hydrogen-bond acceptors (Lipinski definition) is 21. The predicted molar refractivity (Wildman–Crippen MR) is 285 cm³/mol. The van der Waals surface area contributed by atoms with Crippen LogP contribution in [-0.2, 0) is 100 Å². The molecular formula is C51H52O21S7. The molecule has 21 nitrogen and oxygen atoms in total. The second-order valence-electron chi connectivity index (χ2n) is 15.9. The molecule has 0 saturated carbocycles. The lowest BCUT2D eigenvalue weighted by Crippen LogP contribution is -2.31. The Kier molecular flexibility index (Phi) is 23.3. The van der Waals surface area contributed by atoms with Crippen molar-refractivity contribution >= 4 is 70.8 Å². The zero-order valence-electron chi connectivity index (χ0n) is 41.8. The Balaban J connectivity index is 0.000000224. The fourth-order valence-corrected chi connectivity index (χ4v) is 12.6. The van der Waals surface area contributed by atoms with Crippen LogP contribution in [0.5, 0.6) is 0 Å². The van der Waals surface area contributed by atoms with E-state index in [1.54, 1.807) is 78.9 Å². The molecule has 0 fully saturated rings. The Labute approximate surface area is 461 Å². The molecular weight excluding hydrogens is 1170 g/mol. The summed E-state index contributed by atoms with van der Waals surface area (Å²) in [5.74, 6) is 0. The maximum Gasteiger partial charge on any atom is 0.297 e. The van der Waals surface area contributed by atoms with Crippen molar-refractivity contribution < 1.29 is 88.2 Å². The lowest BCUT2D eigenvalue weighted by Gasteiger charge is -2.18. The lowest BCUT2D eigenvalue weighted by atomic mass is 10.2. The van der Waals surface area contributed by atoms with Gasteiger partial charge in [-0.1, -0.05) is 126 Å². The van der Waals surface area contributed by atoms with Gasteiger partial charge in [0.25, 0.3) is 70.8 Å². The van der Waals surface area contributed by atoms with Gasteiger partial charge in [0.2, 0.25) is 0 Å². The van der Waals surface area contributed by atoms with E-state index in [2.05, 4.69) is 0 Å². The van der Waals surface area contributed by atoms with Gasteiger partial charge in [-0.05, 0) is 98.8 Å². The van der Waals surface area contributed by atoms with Crippen LogP contribution >= 0.6 is 0 Å². The van der Waals surface area contributed by atoms with E-state index in [1.165, 1.54) is 121 Å². The van der Waals surface area contributed by atoms with Gasteiger partial charge < -0.3 is 0 Å². The van der Waals surface area contributed by atoms with Crippen LogP contribution in [0.25, 0.3) is 0 Å². The molecule has 0 aromatic heterocycles. The van der Waals surface area contributed by atoms with E-state index in [0.717, 1.165) is 11.1 Å². The molecule has 0 aliphatic carbocycles. The van der Waals surface area contributed by atoms with Crippen molar-refractivity contribution in [3.63, 3.8) is 0 Å². The molecule has 0 heterocycles. The van der Waals surface area contributed by atoms with Crippen LogP contribution < -0.4 is 0 Å². The Bertz CT molecular complexity index is 3620.